The van der Waals surface area contributed by atoms with E-state index >= 15 is 0 Å². The van der Waals surface area contributed by atoms with Crippen LogP contribution in [0, 0.1) is 13.8 Å². The second-order valence-corrected chi connectivity index (χ2v) is 5.92. The SMILES string of the molecule is Cc1n[nH]c(C)c1C(=O)Nc1nc2c(s1)C(=O)NCCC2. The molecular formula is C13H15N5O2S. The minimum absolute atomic E-state index is 0.115. The molecule has 7 nitrogen and oxygen atoms in total. The van der Waals surface area contributed by atoms with E-state index in [1.807, 2.05) is 0 Å². The molecule has 0 saturated carbocycles. The van der Waals surface area contributed by atoms with Gasteiger partial charge >= 0.3 is 0 Å². The van der Waals surface area contributed by atoms with Crippen molar-refractivity contribution in [3.63, 3.8) is 0 Å². The molecule has 8 heteroatoms. The summed E-state index contributed by atoms with van der Waals surface area (Å²) < 4.78 is 0. The smallest absolute Gasteiger partial charge is 0.263 e. The summed E-state index contributed by atoms with van der Waals surface area (Å²) >= 11 is 1.21. The van der Waals surface area contributed by atoms with Gasteiger partial charge in [-0.2, -0.15) is 5.10 Å². The highest BCUT2D eigenvalue weighted by atomic mass is 32.1. The van der Waals surface area contributed by atoms with Crippen LogP contribution in [0.1, 0.15) is 43.5 Å². The summed E-state index contributed by atoms with van der Waals surface area (Å²) in [4.78, 5) is 29.1. The van der Waals surface area contributed by atoms with E-state index in [9.17, 15) is 9.59 Å². The molecule has 110 valence electrons. The largest absolute Gasteiger partial charge is 0.351 e. The third-order valence-electron chi connectivity index (χ3n) is 3.36. The van der Waals surface area contributed by atoms with E-state index in [1.54, 1.807) is 13.8 Å². The normalized spacial score (nSPS) is 14.3. The third-order valence-corrected chi connectivity index (χ3v) is 4.37. The molecule has 0 radical (unpaired) electrons. The van der Waals surface area contributed by atoms with Crippen molar-refractivity contribution in [2.24, 2.45) is 0 Å². The zero-order valence-electron chi connectivity index (χ0n) is 11.7. The van der Waals surface area contributed by atoms with Gasteiger partial charge in [-0.1, -0.05) is 11.3 Å². The van der Waals surface area contributed by atoms with Crippen LogP contribution >= 0.6 is 11.3 Å². The number of aromatic nitrogens is 3. The van der Waals surface area contributed by atoms with Crippen molar-refractivity contribution in [2.45, 2.75) is 26.7 Å². The van der Waals surface area contributed by atoms with Gasteiger partial charge in [-0.25, -0.2) is 4.98 Å². The number of amides is 2. The number of aromatic amines is 1. The molecule has 21 heavy (non-hydrogen) atoms. The average Bonchev–Trinajstić information content (AvgIpc) is 2.93. The predicted molar refractivity (Wildman–Crippen MR) is 78.8 cm³/mol. The van der Waals surface area contributed by atoms with E-state index in [2.05, 4.69) is 25.8 Å². The molecule has 0 spiro atoms. The number of carbonyl (C=O) groups excluding carboxylic acids is 2. The maximum absolute atomic E-state index is 12.3. The topological polar surface area (TPSA) is 99.8 Å². The number of hydrogen-bond acceptors (Lipinski definition) is 5. The molecule has 2 amide bonds. The maximum atomic E-state index is 12.3. The van der Waals surface area contributed by atoms with Crippen molar-refractivity contribution < 1.29 is 9.59 Å². The molecule has 1 aliphatic heterocycles. The van der Waals surface area contributed by atoms with Crippen LogP contribution < -0.4 is 10.6 Å². The van der Waals surface area contributed by atoms with Gasteiger partial charge < -0.3 is 5.32 Å². The first-order valence-electron chi connectivity index (χ1n) is 6.67. The highest BCUT2D eigenvalue weighted by molar-refractivity contribution is 7.17. The summed E-state index contributed by atoms with van der Waals surface area (Å²) in [6.07, 6.45) is 1.60. The lowest BCUT2D eigenvalue weighted by atomic mass is 10.2. The summed E-state index contributed by atoms with van der Waals surface area (Å²) in [5.41, 5.74) is 2.62. The fourth-order valence-electron chi connectivity index (χ4n) is 2.34. The van der Waals surface area contributed by atoms with Gasteiger partial charge in [-0.05, 0) is 26.7 Å². The van der Waals surface area contributed by atoms with Crippen molar-refractivity contribution in [2.75, 3.05) is 11.9 Å². The molecule has 0 unspecified atom stereocenters. The van der Waals surface area contributed by atoms with Gasteiger partial charge in [0.05, 0.1) is 17.0 Å². The summed E-state index contributed by atoms with van der Waals surface area (Å²) in [5, 5.41) is 12.8. The molecule has 2 aromatic heterocycles. The minimum Gasteiger partial charge on any atom is -0.351 e. The minimum atomic E-state index is -0.261. The van der Waals surface area contributed by atoms with Crippen LogP contribution in [0.5, 0.6) is 0 Å². The van der Waals surface area contributed by atoms with Gasteiger partial charge in [0.15, 0.2) is 5.13 Å². The Morgan fingerprint density at radius 3 is 2.90 bits per heavy atom. The number of rotatable bonds is 2. The fraction of sp³-hybridized carbons (Fsp3) is 0.385. The van der Waals surface area contributed by atoms with Crippen LogP contribution in [-0.2, 0) is 6.42 Å². The van der Waals surface area contributed by atoms with Crippen molar-refractivity contribution >= 4 is 28.3 Å². The monoisotopic (exact) mass is 305 g/mol. The Morgan fingerprint density at radius 1 is 1.38 bits per heavy atom. The van der Waals surface area contributed by atoms with Gasteiger partial charge in [0.2, 0.25) is 0 Å². The first-order valence-corrected chi connectivity index (χ1v) is 7.48. The van der Waals surface area contributed by atoms with E-state index in [0.717, 1.165) is 18.5 Å². The summed E-state index contributed by atoms with van der Waals surface area (Å²) in [6, 6.07) is 0. The van der Waals surface area contributed by atoms with Gasteiger partial charge in [-0.3, -0.25) is 20.0 Å². The van der Waals surface area contributed by atoms with Gasteiger partial charge in [-0.15, -0.1) is 0 Å². The molecule has 0 bridgehead atoms. The molecule has 0 atom stereocenters. The number of aryl methyl sites for hydroxylation is 3. The number of thiazole rings is 1. The number of hydrogen-bond donors (Lipinski definition) is 3. The number of anilines is 1. The summed E-state index contributed by atoms with van der Waals surface area (Å²) in [6.45, 7) is 4.22. The second kappa shape index (κ2) is 5.28. The second-order valence-electron chi connectivity index (χ2n) is 4.92. The molecule has 0 saturated heterocycles. The van der Waals surface area contributed by atoms with Crippen LogP contribution in [0.4, 0.5) is 5.13 Å². The van der Waals surface area contributed by atoms with E-state index in [0.29, 0.717) is 33.5 Å². The van der Waals surface area contributed by atoms with Crippen LogP contribution in [0.3, 0.4) is 0 Å². The third kappa shape index (κ3) is 2.54. The number of H-pyrrole nitrogens is 1. The van der Waals surface area contributed by atoms with Crippen LogP contribution in [0.2, 0.25) is 0 Å². The van der Waals surface area contributed by atoms with Gasteiger partial charge in [0, 0.05) is 12.2 Å². The lowest BCUT2D eigenvalue weighted by molar-refractivity contribution is 0.0958. The molecule has 0 fully saturated rings. The van der Waals surface area contributed by atoms with Gasteiger partial charge in [0.25, 0.3) is 11.8 Å². The quantitative estimate of drug-likeness (QED) is 0.781. The molecule has 3 heterocycles. The summed E-state index contributed by atoms with van der Waals surface area (Å²) in [7, 11) is 0. The van der Waals surface area contributed by atoms with Crippen molar-refractivity contribution in [1.82, 2.24) is 20.5 Å². The molecule has 3 rings (SSSR count). The van der Waals surface area contributed by atoms with Crippen molar-refractivity contribution in [1.29, 1.82) is 0 Å². The predicted octanol–water partition coefficient (Wildman–Crippen LogP) is 1.41. The van der Waals surface area contributed by atoms with E-state index < -0.39 is 0 Å². The molecule has 3 N–H and O–H groups in total. The zero-order valence-corrected chi connectivity index (χ0v) is 12.6. The van der Waals surface area contributed by atoms with Gasteiger partial charge in [0.1, 0.15) is 4.88 Å². The Bertz CT molecular complexity index is 699. The Kier molecular flexibility index (Phi) is 3.46. The zero-order chi connectivity index (χ0) is 15.0. The Balaban J connectivity index is 1.85. The number of nitrogens with one attached hydrogen (secondary N) is 3. The molecule has 0 aromatic carbocycles. The Labute approximate surface area is 125 Å². The van der Waals surface area contributed by atoms with Crippen molar-refractivity contribution in [3.05, 3.63) is 27.5 Å². The molecular weight excluding hydrogens is 290 g/mol. The number of carbonyl (C=O) groups is 2. The van der Waals surface area contributed by atoms with Crippen molar-refractivity contribution in [3.8, 4) is 0 Å². The Morgan fingerprint density at radius 2 is 2.19 bits per heavy atom. The van der Waals surface area contributed by atoms with E-state index in [-0.39, 0.29) is 11.8 Å². The Hall–Kier alpha value is -2.22. The lowest BCUT2D eigenvalue weighted by Gasteiger charge is -2.01. The molecule has 0 aliphatic carbocycles. The standard InChI is InChI=1S/C13H15N5O2S/c1-6-9(7(2)18-17-6)11(19)16-13-15-8-4-3-5-14-12(20)10(8)21-13/h3-5H2,1-2H3,(H,14,20)(H,17,18)(H,15,16,19). The first-order chi connectivity index (χ1) is 10.1. The number of fused-ring (bicyclic) bond motifs is 1. The van der Waals surface area contributed by atoms with Crippen LogP contribution in [0.15, 0.2) is 0 Å². The fourth-order valence-corrected chi connectivity index (χ4v) is 3.26. The van der Waals surface area contributed by atoms with Crippen LogP contribution in [-0.4, -0.2) is 33.5 Å². The summed E-state index contributed by atoms with van der Waals surface area (Å²) in [5.74, 6) is -0.376. The lowest BCUT2D eigenvalue weighted by Crippen LogP contribution is -2.21. The number of nitrogens with zero attached hydrogens (tertiary/aromatic N) is 2. The molecule has 2 aromatic rings. The average molecular weight is 305 g/mol. The maximum Gasteiger partial charge on any atom is 0.263 e. The van der Waals surface area contributed by atoms with E-state index in [1.165, 1.54) is 11.3 Å². The first kappa shape index (κ1) is 13.7. The molecule has 1 aliphatic rings. The highest BCUT2D eigenvalue weighted by Crippen LogP contribution is 2.26. The highest BCUT2D eigenvalue weighted by Gasteiger charge is 2.22. The van der Waals surface area contributed by atoms with E-state index in [4.69, 9.17) is 0 Å². The van der Waals surface area contributed by atoms with Crippen LogP contribution in [0.25, 0.3) is 0 Å².